The summed E-state index contributed by atoms with van der Waals surface area (Å²) < 4.78 is 5.41. The van der Waals surface area contributed by atoms with Crippen LogP contribution in [0.25, 0.3) is 6.08 Å². The molecule has 0 bridgehead atoms. The number of carbonyl (C=O) groups is 3. The fraction of sp³-hybridized carbons (Fsp3) is 0.100. The van der Waals surface area contributed by atoms with Gasteiger partial charge in [0.25, 0.3) is 11.8 Å². The maximum absolute atomic E-state index is 11.9. The largest absolute Gasteiger partial charge is 0.484 e. The molecule has 0 aliphatic rings. The Balaban J connectivity index is 1.93. The maximum atomic E-state index is 11.9. The molecular formula is C20H18N4O4. The number of anilines is 1. The van der Waals surface area contributed by atoms with Crippen molar-refractivity contribution in [2.24, 2.45) is 5.73 Å². The second-order valence-corrected chi connectivity index (χ2v) is 5.76. The number of ether oxygens (including phenoxy) is 1. The first-order valence-corrected chi connectivity index (χ1v) is 8.19. The van der Waals surface area contributed by atoms with Gasteiger partial charge in [-0.15, -0.1) is 0 Å². The normalized spacial score (nSPS) is 10.5. The van der Waals surface area contributed by atoms with Crippen molar-refractivity contribution in [3.05, 3.63) is 65.2 Å². The predicted octanol–water partition coefficient (Wildman–Crippen LogP) is 2.11. The number of imide groups is 1. The van der Waals surface area contributed by atoms with Crippen LogP contribution in [0.2, 0.25) is 0 Å². The van der Waals surface area contributed by atoms with Gasteiger partial charge < -0.3 is 15.8 Å². The number of aryl methyl sites for hydroxylation is 1. The molecule has 0 unspecified atom stereocenters. The molecule has 2 aromatic carbocycles. The van der Waals surface area contributed by atoms with E-state index in [0.29, 0.717) is 17.0 Å². The second-order valence-electron chi connectivity index (χ2n) is 5.76. The second kappa shape index (κ2) is 9.54. The number of carbonyl (C=O) groups excluding carboxylic acids is 3. The highest BCUT2D eigenvalue weighted by Gasteiger charge is 2.11. The van der Waals surface area contributed by atoms with Crippen molar-refractivity contribution < 1.29 is 19.1 Å². The van der Waals surface area contributed by atoms with Crippen LogP contribution in [-0.4, -0.2) is 24.5 Å². The SMILES string of the molecule is Cc1ccc(NC(=O)COc2ccc(/C=C(/C#N)C(=O)NC(N)=O)cc2)cc1. The van der Waals surface area contributed by atoms with Gasteiger partial charge in [0, 0.05) is 5.69 Å². The van der Waals surface area contributed by atoms with Crippen LogP contribution in [0.5, 0.6) is 5.75 Å². The van der Waals surface area contributed by atoms with E-state index in [1.54, 1.807) is 42.5 Å². The molecule has 0 radical (unpaired) electrons. The van der Waals surface area contributed by atoms with Crippen LogP contribution in [0.4, 0.5) is 10.5 Å². The van der Waals surface area contributed by atoms with Gasteiger partial charge in [0.15, 0.2) is 6.61 Å². The summed E-state index contributed by atoms with van der Waals surface area (Å²) in [6.07, 6.45) is 1.30. The zero-order chi connectivity index (χ0) is 20.5. The van der Waals surface area contributed by atoms with Crippen LogP contribution in [0, 0.1) is 18.3 Å². The minimum absolute atomic E-state index is 0.173. The topological polar surface area (TPSA) is 134 Å². The first-order chi connectivity index (χ1) is 13.4. The third-order valence-corrected chi connectivity index (χ3v) is 3.50. The van der Waals surface area contributed by atoms with E-state index in [1.807, 2.05) is 24.4 Å². The lowest BCUT2D eigenvalue weighted by Gasteiger charge is -2.08. The Bertz CT molecular complexity index is 942. The number of amides is 4. The smallest absolute Gasteiger partial charge is 0.319 e. The number of hydrogen-bond donors (Lipinski definition) is 3. The number of urea groups is 1. The Labute approximate surface area is 161 Å². The Kier molecular flexibility index (Phi) is 6.88. The predicted molar refractivity (Wildman–Crippen MR) is 103 cm³/mol. The lowest BCUT2D eigenvalue weighted by molar-refractivity contribution is -0.118. The average molecular weight is 378 g/mol. The van der Waals surface area contributed by atoms with E-state index < -0.39 is 11.9 Å². The molecule has 0 atom stereocenters. The van der Waals surface area contributed by atoms with Gasteiger partial charge in [-0.05, 0) is 42.8 Å². The summed E-state index contributed by atoms with van der Waals surface area (Å²) in [4.78, 5) is 34.2. The fourth-order valence-corrected chi connectivity index (χ4v) is 2.14. The number of nitrogens with one attached hydrogen (secondary N) is 2. The monoisotopic (exact) mass is 378 g/mol. The van der Waals surface area contributed by atoms with Crippen LogP contribution in [0.15, 0.2) is 54.1 Å². The number of nitriles is 1. The van der Waals surface area contributed by atoms with Crippen molar-refractivity contribution in [1.82, 2.24) is 5.32 Å². The van der Waals surface area contributed by atoms with Crippen LogP contribution in [-0.2, 0) is 9.59 Å². The molecule has 0 saturated carbocycles. The highest BCUT2D eigenvalue weighted by Crippen LogP contribution is 2.15. The molecule has 2 aromatic rings. The molecule has 2 rings (SSSR count). The lowest BCUT2D eigenvalue weighted by atomic mass is 10.1. The van der Waals surface area contributed by atoms with Crippen molar-refractivity contribution in [1.29, 1.82) is 5.26 Å². The number of hydrogen-bond acceptors (Lipinski definition) is 5. The minimum atomic E-state index is -1.04. The van der Waals surface area contributed by atoms with E-state index in [-0.39, 0.29) is 18.1 Å². The summed E-state index contributed by atoms with van der Waals surface area (Å²) in [7, 11) is 0. The van der Waals surface area contributed by atoms with Gasteiger partial charge in [-0.1, -0.05) is 29.8 Å². The molecule has 0 aliphatic carbocycles. The molecule has 28 heavy (non-hydrogen) atoms. The number of rotatable bonds is 6. The van der Waals surface area contributed by atoms with Gasteiger partial charge in [-0.25, -0.2) is 4.79 Å². The Morgan fingerprint density at radius 2 is 1.75 bits per heavy atom. The Morgan fingerprint density at radius 3 is 2.32 bits per heavy atom. The van der Waals surface area contributed by atoms with Crippen molar-refractivity contribution in [2.45, 2.75) is 6.92 Å². The van der Waals surface area contributed by atoms with Crippen molar-refractivity contribution in [2.75, 3.05) is 11.9 Å². The van der Waals surface area contributed by atoms with E-state index in [2.05, 4.69) is 5.32 Å². The summed E-state index contributed by atoms with van der Waals surface area (Å²) in [5, 5.41) is 13.5. The maximum Gasteiger partial charge on any atom is 0.319 e. The molecule has 0 heterocycles. The fourth-order valence-electron chi connectivity index (χ4n) is 2.14. The van der Waals surface area contributed by atoms with Crippen molar-refractivity contribution in [3.63, 3.8) is 0 Å². The van der Waals surface area contributed by atoms with Crippen LogP contribution in [0.1, 0.15) is 11.1 Å². The average Bonchev–Trinajstić information content (AvgIpc) is 2.66. The molecule has 4 N–H and O–H groups in total. The summed E-state index contributed by atoms with van der Waals surface area (Å²) >= 11 is 0. The third-order valence-electron chi connectivity index (χ3n) is 3.50. The van der Waals surface area contributed by atoms with Crippen LogP contribution < -0.4 is 21.1 Å². The van der Waals surface area contributed by atoms with Gasteiger partial charge in [-0.3, -0.25) is 14.9 Å². The highest BCUT2D eigenvalue weighted by atomic mass is 16.5. The molecule has 0 aliphatic heterocycles. The molecule has 142 valence electrons. The van der Waals surface area contributed by atoms with Crippen LogP contribution in [0.3, 0.4) is 0 Å². The van der Waals surface area contributed by atoms with E-state index >= 15 is 0 Å². The standard InChI is InChI=1S/C20H18N4O4/c1-13-2-6-16(7-3-13)23-18(25)12-28-17-8-4-14(5-9-17)10-15(11-21)19(26)24-20(22)27/h2-10H,12H2,1H3,(H,23,25)(H3,22,24,26,27)/b15-10-. The van der Waals surface area contributed by atoms with E-state index in [0.717, 1.165) is 5.56 Å². The molecule has 8 heteroatoms. The Hall–Kier alpha value is -4.12. The summed E-state index contributed by atoms with van der Waals surface area (Å²) in [6, 6.07) is 14.4. The molecule has 0 saturated heterocycles. The zero-order valence-electron chi connectivity index (χ0n) is 15.1. The van der Waals surface area contributed by atoms with Gasteiger partial charge >= 0.3 is 6.03 Å². The van der Waals surface area contributed by atoms with Gasteiger partial charge in [-0.2, -0.15) is 5.26 Å². The number of primary amides is 1. The lowest BCUT2D eigenvalue weighted by Crippen LogP contribution is -2.35. The Morgan fingerprint density at radius 1 is 1.11 bits per heavy atom. The third kappa shape index (κ3) is 6.31. The first kappa shape index (κ1) is 20.2. The van der Waals surface area contributed by atoms with Crippen molar-refractivity contribution >= 4 is 29.6 Å². The number of nitrogens with two attached hydrogens (primary N) is 1. The van der Waals surface area contributed by atoms with E-state index in [1.165, 1.54) is 6.08 Å². The highest BCUT2D eigenvalue weighted by molar-refractivity contribution is 6.08. The van der Waals surface area contributed by atoms with E-state index in [9.17, 15) is 14.4 Å². The summed E-state index contributed by atoms with van der Waals surface area (Å²) in [5.74, 6) is -0.748. The summed E-state index contributed by atoms with van der Waals surface area (Å²) in [5.41, 5.74) is 6.89. The number of nitrogens with zero attached hydrogens (tertiary/aromatic N) is 1. The molecule has 4 amide bonds. The van der Waals surface area contributed by atoms with E-state index in [4.69, 9.17) is 15.7 Å². The first-order valence-electron chi connectivity index (χ1n) is 8.19. The van der Waals surface area contributed by atoms with Crippen molar-refractivity contribution in [3.8, 4) is 11.8 Å². The van der Waals surface area contributed by atoms with Gasteiger partial charge in [0.05, 0.1) is 0 Å². The quantitative estimate of drug-likeness (QED) is 0.523. The molecular weight excluding hydrogens is 360 g/mol. The summed E-state index contributed by atoms with van der Waals surface area (Å²) in [6.45, 7) is 1.78. The zero-order valence-corrected chi connectivity index (χ0v) is 15.1. The van der Waals surface area contributed by atoms with Crippen LogP contribution >= 0.6 is 0 Å². The molecule has 8 nitrogen and oxygen atoms in total. The molecule has 0 spiro atoms. The van der Waals surface area contributed by atoms with Gasteiger partial charge in [0.1, 0.15) is 17.4 Å². The number of benzene rings is 2. The minimum Gasteiger partial charge on any atom is -0.484 e. The van der Waals surface area contributed by atoms with Gasteiger partial charge in [0.2, 0.25) is 0 Å². The molecule has 0 aromatic heterocycles. The molecule has 0 fully saturated rings.